The minimum atomic E-state index is -0.566. The molecular formula is C16H13ClN2O4. The molecule has 0 spiro atoms. The lowest BCUT2D eigenvalue weighted by Crippen LogP contribution is -2.41. The Kier molecular flexibility index (Phi) is 3.83. The molecule has 23 heavy (non-hydrogen) atoms. The Bertz CT molecular complexity index is 910. The first-order valence-electron chi connectivity index (χ1n) is 6.81. The molecule has 3 rings (SSSR count). The average molecular weight is 333 g/mol. The van der Waals surface area contributed by atoms with Crippen LogP contribution in [0.1, 0.15) is 32.4 Å². The molecular weight excluding hydrogens is 320 g/mol. The van der Waals surface area contributed by atoms with E-state index in [2.05, 4.69) is 10.9 Å². The van der Waals surface area contributed by atoms with Crippen molar-refractivity contribution in [2.24, 2.45) is 0 Å². The minimum Gasteiger partial charge on any atom is -0.466 e. The van der Waals surface area contributed by atoms with Gasteiger partial charge >= 0.3 is 5.91 Å². The summed E-state index contributed by atoms with van der Waals surface area (Å²) in [7, 11) is 0. The Labute approximate surface area is 136 Å². The molecule has 1 aromatic carbocycles. The Morgan fingerprint density at radius 3 is 2.43 bits per heavy atom. The van der Waals surface area contributed by atoms with Gasteiger partial charge in [0.25, 0.3) is 5.91 Å². The van der Waals surface area contributed by atoms with Crippen LogP contribution in [0.5, 0.6) is 0 Å². The van der Waals surface area contributed by atoms with Gasteiger partial charge in [0, 0.05) is 10.4 Å². The minimum absolute atomic E-state index is 0.0719. The number of amides is 2. The van der Waals surface area contributed by atoms with Crippen molar-refractivity contribution in [1.82, 2.24) is 10.9 Å². The highest BCUT2D eigenvalue weighted by molar-refractivity contribution is 6.31. The van der Waals surface area contributed by atoms with Gasteiger partial charge in [-0.05, 0) is 44.2 Å². The van der Waals surface area contributed by atoms with Crippen molar-refractivity contribution in [2.75, 3.05) is 0 Å². The van der Waals surface area contributed by atoms with Gasteiger partial charge in [0.1, 0.15) is 17.1 Å². The highest BCUT2D eigenvalue weighted by Crippen LogP contribution is 2.22. The fraction of sp³-hybridized carbons (Fsp3) is 0.125. The largest absolute Gasteiger partial charge is 0.466 e. The molecule has 2 N–H and O–H groups in total. The summed E-state index contributed by atoms with van der Waals surface area (Å²) in [5.41, 5.74) is 5.52. The second kappa shape index (κ2) is 5.81. The monoisotopic (exact) mass is 332 g/mol. The molecule has 0 aliphatic rings. The standard InChI is InChI=1S/C16H13ClN2O4/c1-8-5-12(9(2)22-8)15(20)18-19-16(21)14-7-10-6-11(17)3-4-13(10)23-14/h3-7H,1-2H3,(H,18,20)(H,19,21). The van der Waals surface area contributed by atoms with Crippen LogP contribution in [0.2, 0.25) is 5.02 Å². The van der Waals surface area contributed by atoms with E-state index < -0.39 is 11.8 Å². The number of carbonyl (C=O) groups excluding carboxylic acids is 2. The molecule has 0 saturated heterocycles. The predicted molar refractivity (Wildman–Crippen MR) is 84.3 cm³/mol. The number of furan rings is 2. The van der Waals surface area contributed by atoms with Crippen LogP contribution in [0.4, 0.5) is 0 Å². The fourth-order valence-electron chi connectivity index (χ4n) is 2.22. The average Bonchev–Trinajstić information content (AvgIpc) is 3.06. The summed E-state index contributed by atoms with van der Waals surface area (Å²) in [6, 6.07) is 8.18. The number of rotatable bonds is 2. The van der Waals surface area contributed by atoms with Gasteiger partial charge in [-0.25, -0.2) is 0 Å². The number of hydrazine groups is 1. The number of carbonyl (C=O) groups is 2. The first-order chi connectivity index (χ1) is 10.9. The van der Waals surface area contributed by atoms with E-state index in [1.807, 2.05) is 0 Å². The lowest BCUT2D eigenvalue weighted by molar-refractivity contribution is 0.0831. The van der Waals surface area contributed by atoms with Gasteiger partial charge in [-0.3, -0.25) is 20.4 Å². The topological polar surface area (TPSA) is 84.5 Å². The van der Waals surface area contributed by atoms with Crippen LogP contribution in [0.3, 0.4) is 0 Å². The third-order valence-electron chi connectivity index (χ3n) is 3.28. The lowest BCUT2D eigenvalue weighted by Gasteiger charge is -2.04. The smallest absolute Gasteiger partial charge is 0.305 e. The number of hydrogen-bond donors (Lipinski definition) is 2. The third kappa shape index (κ3) is 3.07. The summed E-state index contributed by atoms with van der Waals surface area (Å²) in [6.07, 6.45) is 0. The van der Waals surface area contributed by atoms with Crippen molar-refractivity contribution < 1.29 is 18.4 Å². The van der Waals surface area contributed by atoms with Gasteiger partial charge in [-0.15, -0.1) is 0 Å². The Morgan fingerprint density at radius 1 is 1.00 bits per heavy atom. The maximum atomic E-state index is 12.0. The van der Waals surface area contributed by atoms with E-state index in [4.69, 9.17) is 20.4 Å². The molecule has 3 aromatic rings. The van der Waals surface area contributed by atoms with Crippen LogP contribution in [0.15, 0.2) is 39.2 Å². The second-order valence-electron chi connectivity index (χ2n) is 5.03. The molecule has 0 unspecified atom stereocenters. The summed E-state index contributed by atoms with van der Waals surface area (Å²) in [5, 5.41) is 1.25. The Hall–Kier alpha value is -2.73. The maximum Gasteiger partial charge on any atom is 0.305 e. The van der Waals surface area contributed by atoms with E-state index in [-0.39, 0.29) is 5.76 Å². The van der Waals surface area contributed by atoms with Crippen molar-refractivity contribution in [1.29, 1.82) is 0 Å². The highest BCUT2D eigenvalue weighted by Gasteiger charge is 2.16. The van der Waals surface area contributed by atoms with E-state index in [1.165, 1.54) is 0 Å². The highest BCUT2D eigenvalue weighted by atomic mass is 35.5. The van der Waals surface area contributed by atoms with Gasteiger partial charge in [0.05, 0.1) is 5.56 Å². The van der Waals surface area contributed by atoms with E-state index >= 15 is 0 Å². The molecule has 0 atom stereocenters. The molecule has 118 valence electrons. The third-order valence-corrected chi connectivity index (χ3v) is 3.51. The van der Waals surface area contributed by atoms with Crippen molar-refractivity contribution in [2.45, 2.75) is 13.8 Å². The number of halogens is 1. The van der Waals surface area contributed by atoms with Crippen molar-refractivity contribution in [3.8, 4) is 0 Å². The summed E-state index contributed by atoms with van der Waals surface area (Å²) < 4.78 is 10.7. The van der Waals surface area contributed by atoms with Crippen molar-refractivity contribution >= 4 is 34.4 Å². The molecule has 2 aromatic heterocycles. The molecule has 0 aliphatic carbocycles. The molecule has 6 nitrogen and oxygen atoms in total. The van der Waals surface area contributed by atoms with Gasteiger partial charge in [0.2, 0.25) is 0 Å². The summed E-state index contributed by atoms with van der Waals surface area (Å²) in [5.74, 6) is 0.138. The summed E-state index contributed by atoms with van der Waals surface area (Å²) in [6.45, 7) is 3.41. The first kappa shape index (κ1) is 15.2. The maximum absolute atomic E-state index is 12.0. The molecule has 0 aliphatic heterocycles. The van der Waals surface area contributed by atoms with E-state index in [0.717, 1.165) is 0 Å². The van der Waals surface area contributed by atoms with Crippen LogP contribution in [-0.2, 0) is 0 Å². The zero-order valence-electron chi connectivity index (χ0n) is 12.4. The second-order valence-corrected chi connectivity index (χ2v) is 5.46. The molecule has 0 radical (unpaired) electrons. The van der Waals surface area contributed by atoms with E-state index in [9.17, 15) is 9.59 Å². The molecule has 2 amide bonds. The van der Waals surface area contributed by atoms with Crippen molar-refractivity contribution in [3.05, 3.63) is 58.2 Å². The Balaban J connectivity index is 1.71. The molecule has 2 heterocycles. The predicted octanol–water partition coefficient (Wildman–Crippen LogP) is 3.37. The zero-order chi connectivity index (χ0) is 16.6. The fourth-order valence-corrected chi connectivity index (χ4v) is 2.41. The quantitative estimate of drug-likeness (QED) is 0.705. The van der Waals surface area contributed by atoms with E-state index in [1.54, 1.807) is 44.2 Å². The van der Waals surface area contributed by atoms with Crippen molar-refractivity contribution in [3.63, 3.8) is 0 Å². The summed E-state index contributed by atoms with van der Waals surface area (Å²) in [4.78, 5) is 24.0. The number of hydrogen-bond acceptors (Lipinski definition) is 4. The molecule has 0 fully saturated rings. The summed E-state index contributed by atoms with van der Waals surface area (Å²) >= 11 is 5.89. The molecule has 0 saturated carbocycles. The number of fused-ring (bicyclic) bond motifs is 1. The number of benzene rings is 1. The van der Waals surface area contributed by atoms with Gasteiger partial charge < -0.3 is 8.83 Å². The van der Waals surface area contributed by atoms with Crippen LogP contribution in [-0.4, -0.2) is 11.8 Å². The van der Waals surface area contributed by atoms with Gasteiger partial charge in [-0.2, -0.15) is 0 Å². The lowest BCUT2D eigenvalue weighted by atomic mass is 10.2. The molecule has 7 heteroatoms. The SMILES string of the molecule is Cc1cc(C(=O)NNC(=O)c2cc3cc(Cl)ccc3o2)c(C)o1. The first-order valence-corrected chi connectivity index (χ1v) is 7.18. The number of aryl methyl sites for hydroxylation is 2. The Morgan fingerprint density at radius 2 is 1.74 bits per heavy atom. The van der Waals surface area contributed by atoms with Crippen LogP contribution in [0.25, 0.3) is 11.0 Å². The number of nitrogens with one attached hydrogen (secondary N) is 2. The molecule has 0 bridgehead atoms. The van der Waals surface area contributed by atoms with Gasteiger partial charge in [0.15, 0.2) is 5.76 Å². The zero-order valence-corrected chi connectivity index (χ0v) is 13.2. The normalized spacial score (nSPS) is 10.7. The van der Waals surface area contributed by atoms with Crippen LogP contribution in [0, 0.1) is 13.8 Å². The van der Waals surface area contributed by atoms with Crippen LogP contribution < -0.4 is 10.9 Å². The van der Waals surface area contributed by atoms with Crippen LogP contribution >= 0.6 is 11.6 Å². The van der Waals surface area contributed by atoms with E-state index in [0.29, 0.717) is 33.1 Å². The van der Waals surface area contributed by atoms with Gasteiger partial charge in [-0.1, -0.05) is 11.6 Å².